The third-order valence-corrected chi connectivity index (χ3v) is 1.65. The second-order valence-electron chi connectivity index (χ2n) is 1.83. The molecule has 0 aliphatic carbocycles. The number of hydrogen-bond acceptors (Lipinski definition) is 3. The topological polar surface area (TPSA) is 46.5 Å². The Kier molecular flexibility index (Phi) is 2.88. The number of benzene rings is 1. The van der Waals surface area contributed by atoms with Crippen LogP contribution in [0.4, 0.5) is 0 Å². The molecule has 0 amide bonds. The molecule has 0 spiro atoms. The van der Waals surface area contributed by atoms with Gasteiger partial charge >= 0.3 is 8.25 Å². The molecule has 1 N–H and O–H groups in total. The van der Waals surface area contributed by atoms with Crippen molar-refractivity contribution >= 4 is 20.9 Å². The van der Waals surface area contributed by atoms with Crippen molar-refractivity contribution in [3.8, 4) is 5.75 Å². The van der Waals surface area contributed by atoms with Crippen LogP contribution in [-0.2, 0) is 4.57 Å². The van der Waals surface area contributed by atoms with E-state index in [-0.39, 0.29) is 0 Å². The summed E-state index contributed by atoms with van der Waals surface area (Å²) >= 11 is 4.02. The summed E-state index contributed by atoms with van der Waals surface area (Å²) in [4.78, 5) is 9.05. The normalized spacial score (nSPS) is 10.9. The summed E-state index contributed by atoms with van der Waals surface area (Å²) in [5.74, 6) is 0.348. The largest absolute Gasteiger partial charge is 0.747 e. The van der Waals surface area contributed by atoms with E-state index in [1.54, 1.807) is 24.3 Å². The Balaban J connectivity index is 2.79. The lowest BCUT2D eigenvalue weighted by molar-refractivity contribution is 0.410. The Morgan fingerprint density at radius 2 is 2.27 bits per heavy atom. The van der Waals surface area contributed by atoms with Crippen molar-refractivity contribution in [1.82, 2.24) is 0 Å². The van der Waals surface area contributed by atoms with Gasteiger partial charge in [-0.3, -0.25) is 0 Å². The van der Waals surface area contributed by atoms with Crippen LogP contribution in [0.15, 0.2) is 29.2 Å². The summed E-state index contributed by atoms with van der Waals surface area (Å²) in [6, 6.07) is 6.59. The van der Waals surface area contributed by atoms with Gasteiger partial charge in [0.2, 0.25) is 0 Å². The average Bonchev–Trinajstić information content (AvgIpc) is 1.85. The van der Waals surface area contributed by atoms with Crippen LogP contribution >= 0.6 is 20.9 Å². The first-order chi connectivity index (χ1) is 5.18. The summed E-state index contributed by atoms with van der Waals surface area (Å²) in [5.41, 5.74) is 0. The standard InChI is InChI=1S/C6H5O3PS/c7-10(8)9-5-2-1-3-6(11)4-5/h1-4H,(H-,7,8,11)/p+1. The van der Waals surface area contributed by atoms with Gasteiger partial charge in [-0.2, -0.15) is 0 Å². The molecule has 0 saturated carbocycles. The number of thiol groups is 1. The van der Waals surface area contributed by atoms with Gasteiger partial charge in [-0.15, -0.1) is 17.5 Å². The summed E-state index contributed by atoms with van der Waals surface area (Å²) in [6.07, 6.45) is 0. The maximum absolute atomic E-state index is 10.2. The summed E-state index contributed by atoms with van der Waals surface area (Å²) in [6.45, 7) is 0. The van der Waals surface area contributed by atoms with Crippen molar-refractivity contribution in [1.29, 1.82) is 0 Å². The van der Waals surface area contributed by atoms with E-state index >= 15 is 0 Å². The molecular weight excluding hydrogens is 183 g/mol. The highest BCUT2D eigenvalue weighted by molar-refractivity contribution is 7.80. The number of hydrogen-bond donors (Lipinski definition) is 2. The van der Waals surface area contributed by atoms with Crippen LogP contribution in [-0.4, -0.2) is 4.89 Å². The fraction of sp³-hybridized carbons (Fsp3) is 0. The zero-order valence-corrected chi connectivity index (χ0v) is 7.26. The van der Waals surface area contributed by atoms with Crippen LogP contribution in [0.25, 0.3) is 0 Å². The predicted molar refractivity (Wildman–Crippen MR) is 44.1 cm³/mol. The van der Waals surface area contributed by atoms with E-state index in [1.807, 2.05) is 0 Å². The molecule has 1 aromatic rings. The van der Waals surface area contributed by atoms with Crippen LogP contribution < -0.4 is 4.52 Å². The second-order valence-corrected chi connectivity index (χ2v) is 3.00. The Bertz CT molecular complexity index is 276. The van der Waals surface area contributed by atoms with Gasteiger partial charge in [0.25, 0.3) is 0 Å². The van der Waals surface area contributed by atoms with Crippen LogP contribution in [0.1, 0.15) is 0 Å². The van der Waals surface area contributed by atoms with E-state index < -0.39 is 8.25 Å². The van der Waals surface area contributed by atoms with Crippen LogP contribution in [0.5, 0.6) is 5.75 Å². The van der Waals surface area contributed by atoms with Crippen molar-refractivity contribution in [2.24, 2.45) is 0 Å². The monoisotopic (exact) mass is 189 g/mol. The molecular formula is C6H6O3PS+. The first-order valence-corrected chi connectivity index (χ1v) is 4.39. The zero-order chi connectivity index (χ0) is 8.27. The van der Waals surface area contributed by atoms with Crippen LogP contribution in [0.2, 0.25) is 0 Å². The average molecular weight is 189 g/mol. The first-order valence-electron chi connectivity index (χ1n) is 2.81. The Labute approximate surface area is 70.4 Å². The molecule has 5 heteroatoms. The molecule has 11 heavy (non-hydrogen) atoms. The van der Waals surface area contributed by atoms with Gasteiger partial charge in [-0.05, 0) is 18.2 Å². The highest BCUT2D eigenvalue weighted by Crippen LogP contribution is 2.24. The lowest BCUT2D eigenvalue weighted by Crippen LogP contribution is -1.78. The summed E-state index contributed by atoms with van der Waals surface area (Å²) in [7, 11) is -2.57. The van der Waals surface area contributed by atoms with E-state index in [0.29, 0.717) is 10.6 Å². The van der Waals surface area contributed by atoms with E-state index in [9.17, 15) is 4.57 Å². The first kappa shape index (κ1) is 8.53. The molecule has 58 valence electrons. The molecule has 0 aliphatic rings. The fourth-order valence-electron chi connectivity index (χ4n) is 0.630. The smallest absolute Gasteiger partial charge is 0.229 e. The SMILES string of the molecule is O=[P+](O)Oc1cccc(S)c1. The van der Waals surface area contributed by atoms with E-state index in [2.05, 4.69) is 17.2 Å². The molecule has 0 saturated heterocycles. The molecule has 0 aromatic heterocycles. The fourth-order valence-corrected chi connectivity index (χ4v) is 1.14. The van der Waals surface area contributed by atoms with Crippen molar-refractivity contribution in [2.45, 2.75) is 4.90 Å². The number of rotatable bonds is 2. The highest BCUT2D eigenvalue weighted by atomic mass is 32.1. The minimum Gasteiger partial charge on any atom is -0.229 e. The molecule has 1 aromatic carbocycles. The van der Waals surface area contributed by atoms with Crippen molar-refractivity contribution in [2.75, 3.05) is 0 Å². The highest BCUT2D eigenvalue weighted by Gasteiger charge is 2.13. The molecule has 1 atom stereocenters. The van der Waals surface area contributed by atoms with Crippen molar-refractivity contribution in [3.63, 3.8) is 0 Å². The maximum Gasteiger partial charge on any atom is 0.747 e. The van der Waals surface area contributed by atoms with Gasteiger partial charge in [-0.1, -0.05) is 6.07 Å². The molecule has 3 nitrogen and oxygen atoms in total. The molecule has 1 unspecified atom stereocenters. The van der Waals surface area contributed by atoms with E-state index in [1.165, 1.54) is 0 Å². The van der Waals surface area contributed by atoms with Gasteiger partial charge < -0.3 is 0 Å². The maximum atomic E-state index is 10.2. The molecule has 0 aliphatic heterocycles. The van der Waals surface area contributed by atoms with Gasteiger partial charge in [0.05, 0.1) is 0 Å². The van der Waals surface area contributed by atoms with Crippen molar-refractivity contribution < 1.29 is 14.0 Å². The van der Waals surface area contributed by atoms with Gasteiger partial charge in [0.1, 0.15) is 0 Å². The molecule has 1 rings (SSSR count). The third-order valence-electron chi connectivity index (χ3n) is 1.00. The summed E-state index contributed by atoms with van der Waals surface area (Å²) < 4.78 is 14.7. The third kappa shape index (κ3) is 2.89. The van der Waals surface area contributed by atoms with Gasteiger partial charge in [0.15, 0.2) is 5.75 Å². The second kappa shape index (κ2) is 3.72. The predicted octanol–water partition coefficient (Wildman–Crippen LogP) is 2.00. The Hall–Kier alpha value is -0.570. The minimum absolute atomic E-state index is 0.348. The minimum atomic E-state index is -2.57. The van der Waals surface area contributed by atoms with Crippen molar-refractivity contribution in [3.05, 3.63) is 24.3 Å². The van der Waals surface area contributed by atoms with Crippen LogP contribution in [0.3, 0.4) is 0 Å². The quantitative estimate of drug-likeness (QED) is 0.552. The van der Waals surface area contributed by atoms with Gasteiger partial charge in [0, 0.05) is 9.46 Å². The Morgan fingerprint density at radius 3 is 2.82 bits per heavy atom. The lowest BCUT2D eigenvalue weighted by atomic mass is 10.3. The molecule has 0 bridgehead atoms. The molecule has 0 fully saturated rings. The molecule has 0 radical (unpaired) electrons. The van der Waals surface area contributed by atoms with E-state index in [4.69, 9.17) is 4.89 Å². The summed E-state index contributed by atoms with van der Waals surface area (Å²) in [5, 5.41) is 0. The van der Waals surface area contributed by atoms with Gasteiger partial charge in [-0.25, -0.2) is 4.52 Å². The lowest BCUT2D eigenvalue weighted by Gasteiger charge is -1.91. The van der Waals surface area contributed by atoms with E-state index in [0.717, 1.165) is 0 Å². The zero-order valence-electron chi connectivity index (χ0n) is 5.47. The Morgan fingerprint density at radius 1 is 1.55 bits per heavy atom. The molecule has 0 heterocycles. The van der Waals surface area contributed by atoms with Crippen LogP contribution in [0, 0.1) is 0 Å².